The Bertz CT molecular complexity index is 809. The van der Waals surface area contributed by atoms with Gasteiger partial charge in [0.15, 0.2) is 0 Å². The molecule has 5 nitrogen and oxygen atoms in total. The molecule has 1 heterocycles. The predicted molar refractivity (Wildman–Crippen MR) is 90.8 cm³/mol. The molecule has 1 atom stereocenters. The number of urea groups is 1. The number of alkyl halides is 3. The molecule has 2 N–H and O–H groups in total. The van der Waals surface area contributed by atoms with Crippen LogP contribution in [0.2, 0.25) is 0 Å². The summed E-state index contributed by atoms with van der Waals surface area (Å²) in [5.74, 6) is -0.155. The van der Waals surface area contributed by atoms with Gasteiger partial charge in [-0.25, -0.2) is 4.79 Å². The molecule has 0 saturated carbocycles. The van der Waals surface area contributed by atoms with Crippen molar-refractivity contribution in [2.75, 3.05) is 16.8 Å². The number of benzene rings is 2. The molecule has 1 aliphatic rings. The van der Waals surface area contributed by atoms with E-state index in [1.165, 1.54) is 23.1 Å². The largest absolute Gasteiger partial charge is 0.418 e. The van der Waals surface area contributed by atoms with Crippen LogP contribution in [0.3, 0.4) is 0 Å². The summed E-state index contributed by atoms with van der Waals surface area (Å²) in [5, 5.41) is 4.77. The summed E-state index contributed by atoms with van der Waals surface area (Å²) >= 11 is 0. The lowest BCUT2D eigenvalue weighted by molar-refractivity contribution is -0.136. The van der Waals surface area contributed by atoms with Gasteiger partial charge in [-0.2, -0.15) is 13.2 Å². The van der Waals surface area contributed by atoms with E-state index < -0.39 is 23.8 Å². The summed E-state index contributed by atoms with van der Waals surface area (Å²) in [4.78, 5) is 25.7. The molecule has 1 aliphatic heterocycles. The second-order valence-corrected chi connectivity index (χ2v) is 5.88. The first kappa shape index (κ1) is 17.8. The number of para-hydroxylation sites is 2. The number of anilines is 2. The standard InChI is InChI=1S/C18H16F3N3O2/c19-18(20,21)14-8-4-5-9-15(14)23-17(26)22-12-10-16(25)24(11-12)13-6-2-1-3-7-13/h1-9,12H,10-11H2,(H2,22,23,26). The molecular formula is C18H16F3N3O2. The highest BCUT2D eigenvalue weighted by atomic mass is 19.4. The third-order valence-electron chi connectivity index (χ3n) is 4.01. The molecular weight excluding hydrogens is 347 g/mol. The van der Waals surface area contributed by atoms with Gasteiger partial charge in [-0.05, 0) is 24.3 Å². The van der Waals surface area contributed by atoms with Crippen LogP contribution in [-0.4, -0.2) is 24.5 Å². The topological polar surface area (TPSA) is 61.4 Å². The highest BCUT2D eigenvalue weighted by Gasteiger charge is 2.34. The van der Waals surface area contributed by atoms with Crippen LogP contribution in [0.15, 0.2) is 54.6 Å². The fourth-order valence-electron chi connectivity index (χ4n) is 2.84. The zero-order chi connectivity index (χ0) is 18.7. The van der Waals surface area contributed by atoms with E-state index >= 15 is 0 Å². The van der Waals surface area contributed by atoms with Crippen LogP contribution in [0.25, 0.3) is 0 Å². The van der Waals surface area contributed by atoms with Crippen LogP contribution >= 0.6 is 0 Å². The zero-order valence-corrected chi connectivity index (χ0v) is 13.6. The first-order valence-corrected chi connectivity index (χ1v) is 7.94. The molecule has 3 rings (SSSR count). The number of hydrogen-bond donors (Lipinski definition) is 2. The molecule has 0 spiro atoms. The second kappa shape index (κ2) is 7.07. The fraction of sp³-hybridized carbons (Fsp3) is 0.222. The number of carbonyl (C=O) groups excluding carboxylic acids is 2. The Labute approximate surface area is 147 Å². The van der Waals surface area contributed by atoms with Gasteiger partial charge < -0.3 is 15.5 Å². The lowest BCUT2D eigenvalue weighted by Crippen LogP contribution is -2.40. The van der Waals surface area contributed by atoms with Crippen molar-refractivity contribution in [2.24, 2.45) is 0 Å². The highest BCUT2D eigenvalue weighted by molar-refractivity contribution is 5.97. The van der Waals surface area contributed by atoms with E-state index in [9.17, 15) is 22.8 Å². The molecule has 1 saturated heterocycles. The van der Waals surface area contributed by atoms with Gasteiger partial charge in [-0.1, -0.05) is 30.3 Å². The number of amides is 3. The summed E-state index contributed by atoms with van der Waals surface area (Å²) in [6.07, 6.45) is -4.49. The van der Waals surface area contributed by atoms with Gasteiger partial charge in [0.05, 0.1) is 17.3 Å². The minimum absolute atomic E-state index is 0.0865. The van der Waals surface area contributed by atoms with Crippen molar-refractivity contribution in [3.8, 4) is 0 Å². The van der Waals surface area contributed by atoms with Gasteiger partial charge >= 0.3 is 12.2 Å². The Morgan fingerprint density at radius 1 is 1.04 bits per heavy atom. The average Bonchev–Trinajstić information content (AvgIpc) is 2.95. The van der Waals surface area contributed by atoms with Crippen molar-refractivity contribution in [3.05, 3.63) is 60.2 Å². The summed E-state index contributed by atoms with van der Waals surface area (Å²) in [7, 11) is 0. The van der Waals surface area contributed by atoms with Gasteiger partial charge in [0, 0.05) is 18.7 Å². The minimum Gasteiger partial charge on any atom is -0.333 e. The summed E-state index contributed by atoms with van der Waals surface area (Å²) in [6, 6.07) is 12.4. The second-order valence-electron chi connectivity index (χ2n) is 5.88. The van der Waals surface area contributed by atoms with Crippen molar-refractivity contribution >= 4 is 23.3 Å². The maximum atomic E-state index is 13.0. The molecule has 0 radical (unpaired) electrons. The van der Waals surface area contributed by atoms with Crippen molar-refractivity contribution in [3.63, 3.8) is 0 Å². The Kier molecular flexibility index (Phi) is 4.83. The third kappa shape index (κ3) is 3.96. The molecule has 136 valence electrons. The smallest absolute Gasteiger partial charge is 0.333 e. The quantitative estimate of drug-likeness (QED) is 0.875. The van der Waals surface area contributed by atoms with E-state index in [4.69, 9.17) is 0 Å². The van der Waals surface area contributed by atoms with E-state index in [-0.39, 0.29) is 24.6 Å². The summed E-state index contributed by atoms with van der Waals surface area (Å²) in [5.41, 5.74) is -0.546. The number of hydrogen-bond acceptors (Lipinski definition) is 2. The number of nitrogens with zero attached hydrogens (tertiary/aromatic N) is 1. The molecule has 0 bridgehead atoms. The molecule has 1 fully saturated rings. The van der Waals surface area contributed by atoms with Crippen LogP contribution in [0.5, 0.6) is 0 Å². The Morgan fingerprint density at radius 3 is 2.38 bits per heavy atom. The SMILES string of the molecule is O=C(Nc1ccccc1C(F)(F)F)NC1CC(=O)N(c2ccccc2)C1. The zero-order valence-electron chi connectivity index (χ0n) is 13.6. The van der Waals surface area contributed by atoms with Gasteiger partial charge in [0.2, 0.25) is 5.91 Å². The highest BCUT2D eigenvalue weighted by Crippen LogP contribution is 2.34. The summed E-state index contributed by atoms with van der Waals surface area (Å²) in [6.45, 7) is 0.261. The third-order valence-corrected chi connectivity index (χ3v) is 4.01. The first-order chi connectivity index (χ1) is 12.3. The van der Waals surface area contributed by atoms with E-state index in [0.29, 0.717) is 5.69 Å². The average molecular weight is 363 g/mol. The number of carbonyl (C=O) groups is 2. The first-order valence-electron chi connectivity index (χ1n) is 7.94. The van der Waals surface area contributed by atoms with E-state index in [1.54, 1.807) is 24.3 Å². The van der Waals surface area contributed by atoms with Gasteiger partial charge in [-0.15, -0.1) is 0 Å². The van der Waals surface area contributed by atoms with Crippen LogP contribution in [-0.2, 0) is 11.0 Å². The normalized spacial score (nSPS) is 17.3. The molecule has 2 aromatic carbocycles. The fourth-order valence-corrected chi connectivity index (χ4v) is 2.84. The number of halogens is 3. The molecule has 3 amide bonds. The van der Waals surface area contributed by atoms with E-state index in [1.807, 2.05) is 6.07 Å². The van der Waals surface area contributed by atoms with Crippen LogP contribution in [0.1, 0.15) is 12.0 Å². The van der Waals surface area contributed by atoms with Crippen LogP contribution in [0.4, 0.5) is 29.3 Å². The monoisotopic (exact) mass is 363 g/mol. The van der Waals surface area contributed by atoms with Gasteiger partial charge in [0.1, 0.15) is 0 Å². The van der Waals surface area contributed by atoms with E-state index in [0.717, 1.165) is 6.07 Å². The summed E-state index contributed by atoms with van der Waals surface area (Å²) < 4.78 is 38.9. The maximum absolute atomic E-state index is 13.0. The van der Waals surface area contributed by atoms with Crippen molar-refractivity contribution in [1.29, 1.82) is 0 Å². The molecule has 0 aromatic heterocycles. The molecule has 1 unspecified atom stereocenters. The number of nitrogens with one attached hydrogen (secondary N) is 2. The van der Waals surface area contributed by atoms with Crippen molar-refractivity contribution in [1.82, 2.24) is 5.32 Å². The van der Waals surface area contributed by atoms with Gasteiger partial charge in [-0.3, -0.25) is 4.79 Å². The Balaban J connectivity index is 1.64. The van der Waals surface area contributed by atoms with Crippen molar-refractivity contribution in [2.45, 2.75) is 18.6 Å². The van der Waals surface area contributed by atoms with Crippen LogP contribution < -0.4 is 15.5 Å². The molecule has 2 aromatic rings. The van der Waals surface area contributed by atoms with Gasteiger partial charge in [0.25, 0.3) is 0 Å². The molecule has 8 heteroatoms. The molecule has 0 aliphatic carbocycles. The lowest BCUT2D eigenvalue weighted by Gasteiger charge is -2.18. The Hall–Kier alpha value is -3.03. The Morgan fingerprint density at radius 2 is 1.69 bits per heavy atom. The lowest BCUT2D eigenvalue weighted by atomic mass is 10.1. The van der Waals surface area contributed by atoms with Crippen molar-refractivity contribution < 1.29 is 22.8 Å². The molecule has 26 heavy (non-hydrogen) atoms. The predicted octanol–water partition coefficient (Wildman–Crippen LogP) is 3.63. The van der Waals surface area contributed by atoms with E-state index in [2.05, 4.69) is 10.6 Å². The minimum atomic E-state index is -4.57. The van der Waals surface area contributed by atoms with Crippen LogP contribution in [0, 0.1) is 0 Å². The maximum Gasteiger partial charge on any atom is 0.418 e. The number of rotatable bonds is 3.